The normalized spacial score (nSPS) is 25.9. The molecule has 0 spiro atoms. The summed E-state index contributed by atoms with van der Waals surface area (Å²) in [5.41, 5.74) is 0.959. The first-order chi connectivity index (χ1) is 9.16. The Morgan fingerprint density at radius 3 is 3.05 bits per heavy atom. The topological polar surface area (TPSA) is 70.2 Å². The summed E-state index contributed by atoms with van der Waals surface area (Å²) < 4.78 is 0. The molecule has 1 atom stereocenters. The van der Waals surface area contributed by atoms with Crippen LogP contribution in [0.25, 0.3) is 0 Å². The number of allylic oxidation sites excluding steroid dienone is 1. The molecule has 1 heterocycles. The summed E-state index contributed by atoms with van der Waals surface area (Å²) in [6.07, 6.45) is 7.60. The number of carbonyl (C=O) groups excluding carboxylic acids is 2. The average Bonchev–Trinajstić information content (AvgIpc) is 2.43. The molecular weight excluding hydrogens is 242 g/mol. The first-order valence-corrected chi connectivity index (χ1v) is 7.18. The molecule has 0 radical (unpaired) electrons. The largest absolute Gasteiger partial charge is 0.338 e. The molecule has 19 heavy (non-hydrogen) atoms. The Balaban J connectivity index is 1.96. The van der Waals surface area contributed by atoms with Gasteiger partial charge >= 0.3 is 6.03 Å². The minimum atomic E-state index is -0.113. The summed E-state index contributed by atoms with van der Waals surface area (Å²) in [5.74, 6) is 0.0965. The van der Waals surface area contributed by atoms with Crippen LogP contribution < -0.4 is 16.0 Å². The van der Waals surface area contributed by atoms with E-state index in [0.29, 0.717) is 19.5 Å². The summed E-state index contributed by atoms with van der Waals surface area (Å²) >= 11 is 0. The van der Waals surface area contributed by atoms with Crippen molar-refractivity contribution < 1.29 is 9.59 Å². The van der Waals surface area contributed by atoms with E-state index < -0.39 is 0 Å². The second kappa shape index (κ2) is 6.08. The van der Waals surface area contributed by atoms with Crippen LogP contribution in [0.3, 0.4) is 0 Å². The molecule has 1 unspecified atom stereocenters. The fourth-order valence-electron chi connectivity index (χ4n) is 2.87. The van der Waals surface area contributed by atoms with Crippen molar-refractivity contribution in [2.24, 2.45) is 5.41 Å². The van der Waals surface area contributed by atoms with Crippen molar-refractivity contribution >= 4 is 11.9 Å². The molecule has 0 bridgehead atoms. The Kier molecular flexibility index (Phi) is 4.45. The summed E-state index contributed by atoms with van der Waals surface area (Å²) in [6.45, 7) is 3.32. The van der Waals surface area contributed by atoms with E-state index in [9.17, 15) is 9.59 Å². The lowest BCUT2D eigenvalue weighted by atomic mass is 9.70. The number of piperidine rings is 1. The van der Waals surface area contributed by atoms with Gasteiger partial charge in [-0.25, -0.2) is 4.79 Å². The van der Waals surface area contributed by atoms with Gasteiger partial charge < -0.3 is 16.0 Å². The van der Waals surface area contributed by atoms with Gasteiger partial charge in [0.2, 0.25) is 5.91 Å². The van der Waals surface area contributed by atoms with E-state index in [4.69, 9.17) is 0 Å². The molecule has 5 heteroatoms. The Morgan fingerprint density at radius 2 is 2.26 bits per heavy atom. The third kappa shape index (κ3) is 3.28. The number of hydrogen-bond acceptors (Lipinski definition) is 2. The number of fused-ring (bicyclic) bond motifs is 1. The molecule has 1 aliphatic carbocycles. The number of nitrogens with one attached hydrogen (secondary N) is 3. The second-order valence-corrected chi connectivity index (χ2v) is 5.45. The maximum Gasteiger partial charge on any atom is 0.314 e. The van der Waals surface area contributed by atoms with Crippen LogP contribution in [0.4, 0.5) is 4.79 Å². The predicted molar refractivity (Wildman–Crippen MR) is 73.4 cm³/mol. The van der Waals surface area contributed by atoms with Crippen LogP contribution in [-0.2, 0) is 4.79 Å². The summed E-state index contributed by atoms with van der Waals surface area (Å²) in [7, 11) is 0. The molecule has 5 nitrogen and oxygen atoms in total. The zero-order chi connectivity index (χ0) is 13.7. The van der Waals surface area contributed by atoms with Gasteiger partial charge in [0, 0.05) is 30.6 Å². The van der Waals surface area contributed by atoms with Crippen LogP contribution in [0.1, 0.15) is 45.4 Å². The van der Waals surface area contributed by atoms with Crippen LogP contribution in [0.5, 0.6) is 0 Å². The van der Waals surface area contributed by atoms with E-state index in [-0.39, 0.29) is 17.4 Å². The minimum absolute atomic E-state index is 0.0598. The van der Waals surface area contributed by atoms with Gasteiger partial charge in [0.05, 0.1) is 0 Å². The van der Waals surface area contributed by atoms with Crippen LogP contribution >= 0.6 is 0 Å². The lowest BCUT2D eigenvalue weighted by molar-refractivity contribution is -0.122. The zero-order valence-electron chi connectivity index (χ0n) is 11.6. The number of urea groups is 1. The molecule has 0 aromatic heterocycles. The number of rotatable bonds is 4. The molecule has 3 N–H and O–H groups in total. The first kappa shape index (κ1) is 13.9. The third-order valence-corrected chi connectivity index (χ3v) is 4.01. The van der Waals surface area contributed by atoms with Gasteiger partial charge in [-0.1, -0.05) is 13.0 Å². The van der Waals surface area contributed by atoms with Crippen molar-refractivity contribution in [3.05, 3.63) is 11.8 Å². The first-order valence-electron chi connectivity index (χ1n) is 7.18. The molecule has 0 aromatic rings. The van der Waals surface area contributed by atoms with Crippen molar-refractivity contribution in [1.29, 1.82) is 0 Å². The molecule has 1 aliphatic heterocycles. The van der Waals surface area contributed by atoms with Crippen LogP contribution in [-0.4, -0.2) is 25.0 Å². The molecule has 3 amide bonds. The second-order valence-electron chi connectivity index (χ2n) is 5.45. The monoisotopic (exact) mass is 265 g/mol. The molecule has 106 valence electrons. The molecule has 2 rings (SSSR count). The van der Waals surface area contributed by atoms with Crippen LogP contribution in [0, 0.1) is 5.41 Å². The van der Waals surface area contributed by atoms with Gasteiger partial charge in [-0.3, -0.25) is 4.79 Å². The lowest BCUT2D eigenvalue weighted by Gasteiger charge is -2.42. The Morgan fingerprint density at radius 1 is 1.42 bits per heavy atom. The van der Waals surface area contributed by atoms with E-state index in [2.05, 4.69) is 22.0 Å². The Bertz CT molecular complexity index is 392. The van der Waals surface area contributed by atoms with E-state index in [0.717, 1.165) is 37.8 Å². The number of hydrogen-bond donors (Lipinski definition) is 3. The average molecular weight is 265 g/mol. The van der Waals surface area contributed by atoms with Crippen molar-refractivity contribution in [2.75, 3.05) is 13.1 Å². The summed E-state index contributed by atoms with van der Waals surface area (Å²) in [5, 5.41) is 8.74. The molecule has 2 aliphatic rings. The highest BCUT2D eigenvalue weighted by molar-refractivity contribution is 5.80. The van der Waals surface area contributed by atoms with Gasteiger partial charge in [-0.15, -0.1) is 0 Å². The SMILES string of the molecule is CCCNC(=O)NCC12CCCC=C1NC(=O)CC2. The van der Waals surface area contributed by atoms with E-state index >= 15 is 0 Å². The van der Waals surface area contributed by atoms with Gasteiger partial charge in [-0.05, 0) is 32.1 Å². The standard InChI is InChI=1S/C14H23N3O2/c1-2-9-15-13(19)16-10-14-7-4-3-5-11(14)17-12(18)6-8-14/h5H,2-4,6-10H2,1H3,(H,17,18)(H2,15,16,19). The van der Waals surface area contributed by atoms with Crippen molar-refractivity contribution in [3.8, 4) is 0 Å². The Hall–Kier alpha value is -1.52. The highest BCUT2D eigenvalue weighted by Crippen LogP contribution is 2.42. The predicted octanol–water partition coefficient (Wildman–Crippen LogP) is 1.66. The number of amides is 3. The fraction of sp³-hybridized carbons (Fsp3) is 0.714. The molecular formula is C14H23N3O2. The van der Waals surface area contributed by atoms with Gasteiger partial charge in [0.15, 0.2) is 0 Å². The minimum Gasteiger partial charge on any atom is -0.338 e. The van der Waals surface area contributed by atoms with Crippen molar-refractivity contribution in [2.45, 2.75) is 45.4 Å². The maximum absolute atomic E-state index is 11.7. The van der Waals surface area contributed by atoms with Crippen LogP contribution in [0.15, 0.2) is 11.8 Å². The molecule has 1 saturated heterocycles. The maximum atomic E-state index is 11.7. The van der Waals surface area contributed by atoms with E-state index in [1.807, 2.05) is 6.92 Å². The van der Waals surface area contributed by atoms with Gasteiger partial charge in [-0.2, -0.15) is 0 Å². The lowest BCUT2D eigenvalue weighted by Crippen LogP contribution is -2.50. The summed E-state index contributed by atoms with van der Waals surface area (Å²) in [6, 6.07) is -0.113. The van der Waals surface area contributed by atoms with Crippen molar-refractivity contribution in [1.82, 2.24) is 16.0 Å². The zero-order valence-corrected chi connectivity index (χ0v) is 11.6. The summed E-state index contributed by atoms with van der Waals surface area (Å²) in [4.78, 5) is 23.1. The van der Waals surface area contributed by atoms with Gasteiger partial charge in [0.25, 0.3) is 0 Å². The van der Waals surface area contributed by atoms with Crippen molar-refractivity contribution in [3.63, 3.8) is 0 Å². The molecule has 0 saturated carbocycles. The molecule has 0 aromatic carbocycles. The highest BCUT2D eigenvalue weighted by Gasteiger charge is 2.40. The van der Waals surface area contributed by atoms with E-state index in [1.54, 1.807) is 0 Å². The highest BCUT2D eigenvalue weighted by atomic mass is 16.2. The Labute approximate surface area is 114 Å². The van der Waals surface area contributed by atoms with Crippen LogP contribution in [0.2, 0.25) is 0 Å². The fourth-order valence-corrected chi connectivity index (χ4v) is 2.87. The number of carbonyl (C=O) groups is 2. The quantitative estimate of drug-likeness (QED) is 0.723. The third-order valence-electron chi connectivity index (χ3n) is 4.01. The van der Waals surface area contributed by atoms with E-state index in [1.165, 1.54) is 0 Å². The van der Waals surface area contributed by atoms with Gasteiger partial charge in [0.1, 0.15) is 0 Å². The smallest absolute Gasteiger partial charge is 0.314 e. The molecule has 1 fully saturated rings.